The molecule has 3 rings (SSSR count). The summed E-state index contributed by atoms with van der Waals surface area (Å²) in [6.07, 6.45) is 1.69. The van der Waals surface area contributed by atoms with Crippen LogP contribution in [0.5, 0.6) is 0 Å². The molecule has 6 nitrogen and oxygen atoms in total. The maximum Gasteiger partial charge on any atom is 0.240 e. The number of benzene rings is 1. The van der Waals surface area contributed by atoms with Gasteiger partial charge in [-0.3, -0.25) is 0 Å². The van der Waals surface area contributed by atoms with Gasteiger partial charge >= 0.3 is 0 Å². The van der Waals surface area contributed by atoms with Crippen LogP contribution in [-0.2, 0) is 21.3 Å². The Bertz CT molecular complexity index is 835. The summed E-state index contributed by atoms with van der Waals surface area (Å²) in [5, 5.41) is 0.430. The Labute approximate surface area is 152 Å². The van der Waals surface area contributed by atoms with Crippen molar-refractivity contribution in [1.82, 2.24) is 9.71 Å². The number of aromatic nitrogens is 1. The van der Waals surface area contributed by atoms with Gasteiger partial charge in [-0.2, -0.15) is 0 Å². The Kier molecular flexibility index (Phi) is 5.58. The van der Waals surface area contributed by atoms with E-state index in [1.165, 1.54) is 6.07 Å². The van der Waals surface area contributed by atoms with E-state index in [2.05, 4.69) is 14.6 Å². The fourth-order valence-corrected chi connectivity index (χ4v) is 3.79. The Balaban J connectivity index is 1.65. The number of pyridine rings is 1. The molecule has 0 unspecified atom stereocenters. The smallest absolute Gasteiger partial charge is 0.240 e. The zero-order valence-electron chi connectivity index (χ0n) is 13.9. The van der Waals surface area contributed by atoms with Crippen LogP contribution in [-0.4, -0.2) is 39.7 Å². The number of hydrogen-bond donors (Lipinski definition) is 1. The van der Waals surface area contributed by atoms with Crippen LogP contribution >= 0.6 is 11.6 Å². The third kappa shape index (κ3) is 4.49. The van der Waals surface area contributed by atoms with E-state index in [1.807, 2.05) is 19.1 Å². The Morgan fingerprint density at radius 3 is 2.64 bits per heavy atom. The lowest BCUT2D eigenvalue weighted by Crippen LogP contribution is -2.36. The van der Waals surface area contributed by atoms with Crippen molar-refractivity contribution in [2.24, 2.45) is 0 Å². The lowest BCUT2D eigenvalue weighted by Gasteiger charge is -2.27. The van der Waals surface area contributed by atoms with Crippen LogP contribution < -0.4 is 9.62 Å². The number of aryl methyl sites for hydroxylation is 1. The van der Waals surface area contributed by atoms with Gasteiger partial charge in [-0.1, -0.05) is 23.7 Å². The van der Waals surface area contributed by atoms with E-state index in [4.69, 9.17) is 16.3 Å². The summed E-state index contributed by atoms with van der Waals surface area (Å²) in [6, 6.07) is 8.47. The van der Waals surface area contributed by atoms with Gasteiger partial charge in [0.15, 0.2) is 0 Å². The number of morpholine rings is 1. The molecule has 2 heterocycles. The molecule has 0 spiro atoms. The molecule has 1 saturated heterocycles. The predicted molar refractivity (Wildman–Crippen MR) is 97.5 cm³/mol. The summed E-state index contributed by atoms with van der Waals surface area (Å²) in [5.74, 6) is 0.875. The number of nitrogens with zero attached hydrogens (tertiary/aromatic N) is 2. The van der Waals surface area contributed by atoms with E-state index in [1.54, 1.807) is 18.3 Å². The average molecular weight is 382 g/mol. The molecule has 0 radical (unpaired) electrons. The van der Waals surface area contributed by atoms with Gasteiger partial charge in [0.05, 0.1) is 18.1 Å². The molecule has 1 fully saturated rings. The number of sulfonamides is 1. The monoisotopic (exact) mass is 381 g/mol. The van der Waals surface area contributed by atoms with Crippen molar-refractivity contribution in [2.75, 3.05) is 31.2 Å². The summed E-state index contributed by atoms with van der Waals surface area (Å²) < 4.78 is 32.6. The molecule has 1 aromatic carbocycles. The second-order valence-electron chi connectivity index (χ2n) is 5.86. The third-order valence-corrected chi connectivity index (χ3v) is 5.87. The molecule has 0 bridgehead atoms. The highest BCUT2D eigenvalue weighted by Crippen LogP contribution is 2.20. The van der Waals surface area contributed by atoms with Crippen molar-refractivity contribution in [3.63, 3.8) is 0 Å². The van der Waals surface area contributed by atoms with Gasteiger partial charge in [-0.15, -0.1) is 0 Å². The summed E-state index contributed by atoms with van der Waals surface area (Å²) in [5.41, 5.74) is 1.63. The van der Waals surface area contributed by atoms with Gasteiger partial charge in [0.1, 0.15) is 5.82 Å². The van der Waals surface area contributed by atoms with Gasteiger partial charge in [0.25, 0.3) is 0 Å². The summed E-state index contributed by atoms with van der Waals surface area (Å²) in [4.78, 5) is 6.71. The van der Waals surface area contributed by atoms with Crippen LogP contribution in [0.1, 0.15) is 11.1 Å². The van der Waals surface area contributed by atoms with Crippen LogP contribution in [0.3, 0.4) is 0 Å². The average Bonchev–Trinajstić information content (AvgIpc) is 2.63. The molecule has 0 aliphatic carbocycles. The number of halogens is 1. The summed E-state index contributed by atoms with van der Waals surface area (Å²) in [7, 11) is -3.62. The first kappa shape index (κ1) is 18.1. The Morgan fingerprint density at radius 2 is 2.00 bits per heavy atom. The maximum absolute atomic E-state index is 12.4. The lowest BCUT2D eigenvalue weighted by atomic mass is 10.2. The van der Waals surface area contributed by atoms with Crippen LogP contribution in [0.2, 0.25) is 5.02 Å². The van der Waals surface area contributed by atoms with E-state index in [0.29, 0.717) is 18.2 Å². The molecule has 8 heteroatoms. The van der Waals surface area contributed by atoms with E-state index in [9.17, 15) is 8.42 Å². The van der Waals surface area contributed by atoms with Crippen molar-refractivity contribution in [2.45, 2.75) is 18.4 Å². The van der Waals surface area contributed by atoms with Crippen LogP contribution in [0.15, 0.2) is 41.4 Å². The maximum atomic E-state index is 12.4. The topological polar surface area (TPSA) is 71.5 Å². The summed E-state index contributed by atoms with van der Waals surface area (Å²) >= 11 is 6.01. The quantitative estimate of drug-likeness (QED) is 0.860. The largest absolute Gasteiger partial charge is 0.378 e. The minimum Gasteiger partial charge on any atom is -0.378 e. The molecular formula is C17H20ClN3O3S. The second kappa shape index (κ2) is 7.70. The minimum atomic E-state index is -3.62. The zero-order valence-corrected chi connectivity index (χ0v) is 15.5. The molecule has 0 atom stereocenters. The number of anilines is 1. The molecular weight excluding hydrogens is 362 g/mol. The van der Waals surface area contributed by atoms with E-state index in [0.717, 1.165) is 30.0 Å². The van der Waals surface area contributed by atoms with Crippen LogP contribution in [0.4, 0.5) is 5.82 Å². The number of hydrogen-bond acceptors (Lipinski definition) is 5. The molecule has 1 aromatic heterocycles. The Hall–Kier alpha value is -1.67. The van der Waals surface area contributed by atoms with Crippen molar-refractivity contribution in [3.05, 3.63) is 52.7 Å². The third-order valence-electron chi connectivity index (χ3n) is 4.06. The van der Waals surface area contributed by atoms with Crippen LogP contribution in [0, 0.1) is 6.92 Å². The highest BCUT2D eigenvalue weighted by atomic mass is 35.5. The highest BCUT2D eigenvalue weighted by molar-refractivity contribution is 7.89. The molecule has 134 valence electrons. The van der Waals surface area contributed by atoms with Gasteiger partial charge in [-0.25, -0.2) is 18.1 Å². The van der Waals surface area contributed by atoms with Gasteiger partial charge in [-0.05, 0) is 36.2 Å². The molecule has 2 aromatic rings. The first-order chi connectivity index (χ1) is 12.0. The second-order valence-corrected chi connectivity index (χ2v) is 8.03. The lowest BCUT2D eigenvalue weighted by molar-refractivity contribution is 0.122. The molecule has 25 heavy (non-hydrogen) atoms. The predicted octanol–water partition coefficient (Wildman–Crippen LogP) is 2.36. The number of ether oxygens (including phenoxy) is 1. The molecule has 0 saturated carbocycles. The van der Waals surface area contributed by atoms with E-state index < -0.39 is 10.0 Å². The SMILES string of the molecule is Cc1ccc(S(=O)(=O)NCc2ccc(N3CCOCC3)nc2)cc1Cl. The molecule has 1 N–H and O–H groups in total. The molecule has 1 aliphatic heterocycles. The van der Waals surface area contributed by atoms with E-state index in [-0.39, 0.29) is 11.4 Å². The molecule has 1 aliphatic rings. The van der Waals surface area contributed by atoms with Gasteiger partial charge in [0.2, 0.25) is 10.0 Å². The normalized spacial score (nSPS) is 15.4. The van der Waals surface area contributed by atoms with Crippen molar-refractivity contribution in [1.29, 1.82) is 0 Å². The molecule has 0 amide bonds. The van der Waals surface area contributed by atoms with Gasteiger partial charge < -0.3 is 9.64 Å². The number of nitrogens with one attached hydrogen (secondary N) is 1. The van der Waals surface area contributed by atoms with Crippen molar-refractivity contribution >= 4 is 27.4 Å². The standard InChI is InChI=1S/C17H20ClN3O3S/c1-13-2-4-15(10-16(13)18)25(22,23)20-12-14-3-5-17(19-11-14)21-6-8-24-9-7-21/h2-5,10-11,20H,6-9,12H2,1H3. The number of rotatable bonds is 5. The first-order valence-corrected chi connectivity index (χ1v) is 9.85. The Morgan fingerprint density at radius 1 is 1.24 bits per heavy atom. The van der Waals surface area contributed by atoms with E-state index >= 15 is 0 Å². The fraction of sp³-hybridized carbons (Fsp3) is 0.353. The summed E-state index contributed by atoms with van der Waals surface area (Å²) in [6.45, 7) is 5.02. The zero-order chi connectivity index (χ0) is 17.9. The van der Waals surface area contributed by atoms with Crippen molar-refractivity contribution in [3.8, 4) is 0 Å². The van der Waals surface area contributed by atoms with Crippen LogP contribution in [0.25, 0.3) is 0 Å². The highest BCUT2D eigenvalue weighted by Gasteiger charge is 2.16. The van der Waals surface area contributed by atoms with Crippen molar-refractivity contribution < 1.29 is 13.2 Å². The minimum absolute atomic E-state index is 0.154. The fourth-order valence-electron chi connectivity index (χ4n) is 2.50. The first-order valence-electron chi connectivity index (χ1n) is 7.99. The van der Waals surface area contributed by atoms with Gasteiger partial charge in [0, 0.05) is 30.9 Å².